The number of aromatic amines is 1. The number of amides is 1. The molecule has 35 heavy (non-hydrogen) atoms. The fraction of sp³-hybridized carbons (Fsp3) is 0.143. The maximum atomic E-state index is 13.2. The number of pyridine rings is 1. The van der Waals surface area contributed by atoms with Crippen molar-refractivity contribution >= 4 is 27.7 Å². The van der Waals surface area contributed by atoms with Gasteiger partial charge in [-0.1, -0.05) is 48.5 Å². The van der Waals surface area contributed by atoms with Crippen molar-refractivity contribution in [1.82, 2.24) is 15.3 Å². The van der Waals surface area contributed by atoms with Gasteiger partial charge in [0.05, 0.1) is 32.5 Å². The second kappa shape index (κ2) is 9.38. The number of H-pyrrole nitrogens is 1. The van der Waals surface area contributed by atoms with E-state index < -0.39 is 0 Å². The summed E-state index contributed by atoms with van der Waals surface area (Å²) < 4.78 is 16.6. The summed E-state index contributed by atoms with van der Waals surface area (Å²) in [6.07, 6.45) is 0. The van der Waals surface area contributed by atoms with Crippen LogP contribution in [0, 0.1) is 0 Å². The molecule has 0 fully saturated rings. The van der Waals surface area contributed by atoms with E-state index in [9.17, 15) is 4.79 Å². The van der Waals surface area contributed by atoms with Gasteiger partial charge in [0.25, 0.3) is 5.91 Å². The number of fused-ring (bicyclic) bond motifs is 3. The number of methoxy groups -OCH3 is 3. The second-order valence-corrected chi connectivity index (χ2v) is 8.03. The van der Waals surface area contributed by atoms with E-state index in [1.54, 1.807) is 21.3 Å². The first-order valence-electron chi connectivity index (χ1n) is 11.2. The highest BCUT2D eigenvalue weighted by atomic mass is 16.5. The summed E-state index contributed by atoms with van der Waals surface area (Å²) >= 11 is 0. The third kappa shape index (κ3) is 4.12. The van der Waals surface area contributed by atoms with Gasteiger partial charge in [-0.05, 0) is 29.8 Å². The van der Waals surface area contributed by atoms with Crippen LogP contribution in [0.4, 0.5) is 0 Å². The van der Waals surface area contributed by atoms with E-state index in [0.29, 0.717) is 35.2 Å². The van der Waals surface area contributed by atoms with Gasteiger partial charge in [0.15, 0.2) is 11.5 Å². The Morgan fingerprint density at radius 2 is 1.54 bits per heavy atom. The smallest absolute Gasteiger partial charge is 0.270 e. The Morgan fingerprint density at radius 3 is 2.23 bits per heavy atom. The average Bonchev–Trinajstić information content (AvgIpc) is 3.29. The fourth-order valence-electron chi connectivity index (χ4n) is 4.26. The van der Waals surface area contributed by atoms with Crippen LogP contribution in [0.5, 0.6) is 17.2 Å². The molecule has 7 heteroatoms. The van der Waals surface area contributed by atoms with Gasteiger partial charge in [-0.2, -0.15) is 0 Å². The van der Waals surface area contributed by atoms with Crippen LogP contribution < -0.4 is 19.5 Å². The van der Waals surface area contributed by atoms with Crippen LogP contribution in [0.15, 0.2) is 72.8 Å². The van der Waals surface area contributed by atoms with Crippen molar-refractivity contribution in [3.8, 4) is 28.5 Å². The molecule has 0 saturated carbocycles. The summed E-state index contributed by atoms with van der Waals surface area (Å²) in [5.41, 5.74) is 4.46. The largest absolute Gasteiger partial charge is 0.493 e. The standard InChI is InChI=1S/C28H25N3O4/c1-33-23-13-18(14-24(34-2)27(23)35-3)25-26-20(19-11-7-8-12-21(19)30-26)15-22(31-25)28(32)29-16-17-9-5-4-6-10-17/h4-15,30H,16H2,1-3H3,(H,29,32). The number of nitrogens with zero attached hydrogens (tertiary/aromatic N) is 1. The highest BCUT2D eigenvalue weighted by Crippen LogP contribution is 2.42. The van der Waals surface area contributed by atoms with Crippen molar-refractivity contribution in [3.63, 3.8) is 0 Å². The van der Waals surface area contributed by atoms with Gasteiger partial charge >= 0.3 is 0 Å². The molecule has 1 amide bonds. The highest BCUT2D eigenvalue weighted by molar-refractivity contribution is 6.13. The van der Waals surface area contributed by atoms with Gasteiger partial charge < -0.3 is 24.5 Å². The number of nitrogens with one attached hydrogen (secondary N) is 2. The Balaban J connectivity index is 1.67. The lowest BCUT2D eigenvalue weighted by Gasteiger charge is -2.15. The van der Waals surface area contributed by atoms with Crippen LogP contribution in [0.2, 0.25) is 0 Å². The Bertz CT molecular complexity index is 1500. The minimum atomic E-state index is -0.255. The third-order valence-corrected chi connectivity index (χ3v) is 5.96. The molecular weight excluding hydrogens is 442 g/mol. The van der Waals surface area contributed by atoms with Crippen LogP contribution in [0.3, 0.4) is 0 Å². The Kier molecular flexibility index (Phi) is 5.97. The summed E-state index contributed by atoms with van der Waals surface area (Å²) in [6.45, 7) is 0.410. The topological polar surface area (TPSA) is 85.5 Å². The van der Waals surface area contributed by atoms with Crippen LogP contribution in [-0.2, 0) is 6.54 Å². The van der Waals surface area contributed by atoms with Crippen molar-refractivity contribution < 1.29 is 19.0 Å². The molecule has 0 radical (unpaired) electrons. The van der Waals surface area contributed by atoms with Crippen molar-refractivity contribution in [1.29, 1.82) is 0 Å². The molecule has 0 aliphatic rings. The minimum Gasteiger partial charge on any atom is -0.493 e. The number of carbonyl (C=O) groups is 1. The van der Waals surface area contributed by atoms with Crippen LogP contribution in [0.25, 0.3) is 33.1 Å². The quantitative estimate of drug-likeness (QED) is 0.338. The summed E-state index contributed by atoms with van der Waals surface area (Å²) in [7, 11) is 4.70. The van der Waals surface area contributed by atoms with Crippen LogP contribution >= 0.6 is 0 Å². The summed E-state index contributed by atoms with van der Waals surface area (Å²) in [4.78, 5) is 21.5. The molecular formula is C28H25N3O4. The molecule has 7 nitrogen and oxygen atoms in total. The second-order valence-electron chi connectivity index (χ2n) is 8.03. The van der Waals surface area contributed by atoms with Crippen molar-refractivity contribution in [2.75, 3.05) is 21.3 Å². The molecule has 2 heterocycles. The number of aromatic nitrogens is 2. The average molecular weight is 468 g/mol. The molecule has 0 atom stereocenters. The normalized spacial score (nSPS) is 10.9. The van der Waals surface area contributed by atoms with Gasteiger partial charge in [-0.3, -0.25) is 4.79 Å². The molecule has 5 rings (SSSR count). The SMILES string of the molecule is COc1cc(-c2nc(C(=O)NCc3ccccc3)cc3c2[nH]c2ccccc23)cc(OC)c1OC. The van der Waals surface area contributed by atoms with Gasteiger partial charge in [-0.25, -0.2) is 4.98 Å². The number of rotatable bonds is 7. The maximum Gasteiger partial charge on any atom is 0.270 e. The molecule has 0 unspecified atom stereocenters. The first kappa shape index (κ1) is 22.3. The molecule has 176 valence electrons. The van der Waals surface area contributed by atoms with Crippen LogP contribution in [-0.4, -0.2) is 37.2 Å². The lowest BCUT2D eigenvalue weighted by atomic mass is 10.0. The number of ether oxygens (including phenoxy) is 3. The van der Waals surface area contributed by atoms with Gasteiger partial charge in [-0.15, -0.1) is 0 Å². The number of benzene rings is 3. The van der Waals surface area contributed by atoms with Gasteiger partial charge in [0.2, 0.25) is 5.75 Å². The van der Waals surface area contributed by atoms with E-state index >= 15 is 0 Å². The zero-order valence-corrected chi connectivity index (χ0v) is 19.7. The number of hydrogen-bond acceptors (Lipinski definition) is 5. The highest BCUT2D eigenvalue weighted by Gasteiger charge is 2.20. The molecule has 2 N–H and O–H groups in total. The summed E-state index contributed by atoms with van der Waals surface area (Å²) in [5, 5.41) is 4.90. The van der Waals surface area contributed by atoms with Crippen molar-refractivity contribution in [2.24, 2.45) is 0 Å². The maximum absolute atomic E-state index is 13.2. The molecule has 0 aliphatic carbocycles. The monoisotopic (exact) mass is 467 g/mol. The van der Waals surface area contributed by atoms with Gasteiger partial charge in [0, 0.05) is 28.4 Å². The number of hydrogen-bond donors (Lipinski definition) is 2. The van der Waals surface area contributed by atoms with E-state index in [4.69, 9.17) is 19.2 Å². The van der Waals surface area contributed by atoms with Crippen molar-refractivity contribution in [3.05, 3.63) is 84.1 Å². The minimum absolute atomic E-state index is 0.255. The van der Waals surface area contributed by atoms with E-state index in [1.807, 2.05) is 72.8 Å². The predicted molar refractivity (Wildman–Crippen MR) is 136 cm³/mol. The van der Waals surface area contributed by atoms with Crippen molar-refractivity contribution in [2.45, 2.75) is 6.54 Å². The first-order chi connectivity index (χ1) is 17.1. The molecule has 0 bridgehead atoms. The zero-order chi connectivity index (χ0) is 24.4. The Labute approximate surface area is 202 Å². The van der Waals surface area contributed by atoms with Crippen LogP contribution in [0.1, 0.15) is 16.1 Å². The summed E-state index contributed by atoms with van der Waals surface area (Å²) in [5.74, 6) is 1.25. The lowest BCUT2D eigenvalue weighted by molar-refractivity contribution is 0.0946. The van der Waals surface area contributed by atoms with Gasteiger partial charge in [0.1, 0.15) is 5.69 Å². The molecule has 2 aromatic heterocycles. The number of carbonyl (C=O) groups excluding carboxylic acids is 1. The molecule has 3 aromatic carbocycles. The first-order valence-corrected chi connectivity index (χ1v) is 11.2. The van der Waals surface area contributed by atoms with E-state index in [-0.39, 0.29) is 5.91 Å². The Morgan fingerprint density at radius 1 is 0.857 bits per heavy atom. The molecule has 0 aliphatic heterocycles. The zero-order valence-electron chi connectivity index (χ0n) is 19.7. The van der Waals surface area contributed by atoms with E-state index in [0.717, 1.165) is 32.9 Å². The lowest BCUT2D eigenvalue weighted by Crippen LogP contribution is -2.24. The summed E-state index contributed by atoms with van der Waals surface area (Å²) in [6, 6.07) is 23.2. The number of para-hydroxylation sites is 1. The molecule has 0 saturated heterocycles. The van der Waals surface area contributed by atoms with E-state index in [2.05, 4.69) is 10.3 Å². The Hall–Kier alpha value is -4.52. The molecule has 5 aromatic rings. The third-order valence-electron chi connectivity index (χ3n) is 5.96. The molecule has 0 spiro atoms. The fourth-order valence-corrected chi connectivity index (χ4v) is 4.26. The predicted octanol–water partition coefficient (Wildman–Crippen LogP) is 5.34. The van der Waals surface area contributed by atoms with E-state index in [1.165, 1.54) is 0 Å².